The first-order chi connectivity index (χ1) is 10.2. The van der Waals surface area contributed by atoms with Gasteiger partial charge in [-0.05, 0) is 37.3 Å². The molecule has 0 aromatic heterocycles. The van der Waals surface area contributed by atoms with Crippen LogP contribution in [0.5, 0.6) is 5.75 Å². The van der Waals surface area contributed by atoms with Gasteiger partial charge in [-0.15, -0.1) is 0 Å². The minimum atomic E-state index is -0.305. The molecule has 0 heterocycles. The fourth-order valence-corrected chi connectivity index (χ4v) is 2.81. The van der Waals surface area contributed by atoms with Crippen LogP contribution in [0.4, 0.5) is 4.39 Å². The van der Waals surface area contributed by atoms with Crippen molar-refractivity contribution in [1.29, 1.82) is 0 Å². The summed E-state index contributed by atoms with van der Waals surface area (Å²) in [5.41, 5.74) is 0.698. The molecule has 1 saturated carbocycles. The van der Waals surface area contributed by atoms with E-state index in [1.807, 2.05) is 0 Å². The van der Waals surface area contributed by atoms with Gasteiger partial charge in [0.25, 0.3) is 0 Å². The second-order valence-electron chi connectivity index (χ2n) is 5.60. The maximum atomic E-state index is 13.5. The third-order valence-electron chi connectivity index (χ3n) is 4.01. The van der Waals surface area contributed by atoms with E-state index in [0.717, 1.165) is 12.8 Å². The fourth-order valence-electron chi connectivity index (χ4n) is 2.81. The molecule has 21 heavy (non-hydrogen) atoms. The Hall–Kier alpha value is -1.53. The van der Waals surface area contributed by atoms with Crippen molar-refractivity contribution in [2.75, 3.05) is 6.61 Å². The largest absolute Gasteiger partial charge is 0.489 e. The lowest BCUT2D eigenvalue weighted by Gasteiger charge is -2.29. The molecule has 2 atom stereocenters. The average molecular weight is 290 g/mol. The zero-order valence-corrected chi connectivity index (χ0v) is 12.6. The van der Waals surface area contributed by atoms with E-state index in [9.17, 15) is 4.39 Å². The molecule has 1 aliphatic rings. The molecule has 1 aliphatic carbocycles. The summed E-state index contributed by atoms with van der Waals surface area (Å²) < 4.78 is 19.5. The summed E-state index contributed by atoms with van der Waals surface area (Å²) in [6, 6.07) is 4.46. The van der Waals surface area contributed by atoms with Crippen molar-refractivity contribution in [2.24, 2.45) is 5.92 Å². The normalized spacial score (nSPS) is 21.5. The van der Waals surface area contributed by atoms with E-state index in [-0.39, 0.29) is 18.5 Å². The van der Waals surface area contributed by atoms with Gasteiger partial charge in [-0.3, -0.25) is 0 Å². The van der Waals surface area contributed by atoms with E-state index in [1.165, 1.54) is 31.4 Å². The summed E-state index contributed by atoms with van der Waals surface area (Å²) in [4.78, 5) is 0. The maximum absolute atomic E-state index is 13.5. The van der Waals surface area contributed by atoms with E-state index in [1.54, 1.807) is 6.07 Å². The molecule has 0 amide bonds. The first-order valence-electron chi connectivity index (χ1n) is 7.78. The minimum Gasteiger partial charge on any atom is -0.489 e. The third-order valence-corrected chi connectivity index (χ3v) is 4.01. The Morgan fingerprint density at radius 1 is 1.38 bits per heavy atom. The van der Waals surface area contributed by atoms with Crippen molar-refractivity contribution in [2.45, 2.75) is 51.6 Å². The van der Waals surface area contributed by atoms with Gasteiger partial charge in [-0.25, -0.2) is 4.39 Å². The van der Waals surface area contributed by atoms with Crippen molar-refractivity contribution in [3.8, 4) is 17.6 Å². The zero-order valence-electron chi connectivity index (χ0n) is 12.6. The molecule has 0 radical (unpaired) electrons. The van der Waals surface area contributed by atoms with E-state index in [4.69, 9.17) is 9.84 Å². The molecule has 2 nitrogen and oxygen atoms in total. The smallest absolute Gasteiger partial charge is 0.138 e. The molecule has 0 bridgehead atoms. The van der Waals surface area contributed by atoms with E-state index in [0.29, 0.717) is 23.7 Å². The number of rotatable bonds is 4. The van der Waals surface area contributed by atoms with Gasteiger partial charge in [0.2, 0.25) is 0 Å². The number of aliphatic hydroxyl groups is 1. The van der Waals surface area contributed by atoms with Gasteiger partial charge in [-0.1, -0.05) is 31.6 Å². The first-order valence-corrected chi connectivity index (χ1v) is 7.78. The van der Waals surface area contributed by atoms with Crippen LogP contribution in [0, 0.1) is 23.6 Å². The number of hydrogen-bond acceptors (Lipinski definition) is 2. The number of aliphatic hydroxyl groups excluding tert-OH is 1. The van der Waals surface area contributed by atoms with E-state index in [2.05, 4.69) is 18.8 Å². The van der Waals surface area contributed by atoms with Crippen LogP contribution in [0.1, 0.15) is 51.0 Å². The minimum absolute atomic E-state index is 0.0329. The van der Waals surface area contributed by atoms with Gasteiger partial charge in [0.05, 0.1) is 18.3 Å². The molecule has 2 unspecified atom stereocenters. The second kappa shape index (κ2) is 8.05. The van der Waals surface area contributed by atoms with Crippen molar-refractivity contribution in [3.63, 3.8) is 0 Å². The molecular weight excluding hydrogens is 267 g/mol. The molecule has 114 valence electrons. The van der Waals surface area contributed by atoms with Gasteiger partial charge in [-0.2, -0.15) is 0 Å². The van der Waals surface area contributed by atoms with Crippen LogP contribution in [0.15, 0.2) is 18.2 Å². The summed E-state index contributed by atoms with van der Waals surface area (Å²) in [6.45, 7) is 2.24. The van der Waals surface area contributed by atoms with Crippen LogP contribution < -0.4 is 4.74 Å². The predicted molar refractivity (Wildman–Crippen MR) is 81.6 cm³/mol. The molecule has 0 spiro atoms. The molecule has 1 aromatic rings. The average Bonchev–Trinajstić information content (AvgIpc) is 2.50. The summed E-state index contributed by atoms with van der Waals surface area (Å²) >= 11 is 0. The Morgan fingerprint density at radius 2 is 2.24 bits per heavy atom. The Bertz CT molecular complexity index is 516. The van der Waals surface area contributed by atoms with Crippen molar-refractivity contribution in [1.82, 2.24) is 0 Å². The molecule has 0 aliphatic heterocycles. The Kier molecular flexibility index (Phi) is 6.07. The van der Waals surface area contributed by atoms with E-state index >= 15 is 0 Å². The van der Waals surface area contributed by atoms with Crippen LogP contribution in [-0.2, 0) is 0 Å². The van der Waals surface area contributed by atoms with Crippen molar-refractivity contribution < 1.29 is 14.2 Å². The number of halogens is 1. The summed E-state index contributed by atoms with van der Waals surface area (Å²) in [7, 11) is 0. The van der Waals surface area contributed by atoms with Crippen LogP contribution in [-0.4, -0.2) is 17.8 Å². The fraction of sp³-hybridized carbons (Fsp3) is 0.556. The van der Waals surface area contributed by atoms with Crippen LogP contribution in [0.3, 0.4) is 0 Å². The second-order valence-corrected chi connectivity index (χ2v) is 5.60. The number of ether oxygens (including phenoxy) is 1. The highest BCUT2D eigenvalue weighted by atomic mass is 19.1. The van der Waals surface area contributed by atoms with Crippen LogP contribution >= 0.6 is 0 Å². The molecule has 0 saturated heterocycles. The van der Waals surface area contributed by atoms with Gasteiger partial charge >= 0.3 is 0 Å². The topological polar surface area (TPSA) is 29.5 Å². The molecular formula is C18H23FO2. The van der Waals surface area contributed by atoms with Gasteiger partial charge in [0.1, 0.15) is 11.6 Å². The monoisotopic (exact) mass is 290 g/mol. The molecule has 1 aromatic carbocycles. The zero-order chi connectivity index (χ0) is 15.1. The lowest BCUT2D eigenvalue weighted by molar-refractivity contribution is 0.121. The van der Waals surface area contributed by atoms with Gasteiger partial charge in [0, 0.05) is 12.5 Å². The molecule has 3 heteroatoms. The van der Waals surface area contributed by atoms with Crippen molar-refractivity contribution in [3.05, 3.63) is 29.6 Å². The quantitative estimate of drug-likeness (QED) is 0.852. The lowest BCUT2D eigenvalue weighted by Crippen LogP contribution is -2.25. The predicted octanol–water partition coefficient (Wildman–Crippen LogP) is 3.91. The van der Waals surface area contributed by atoms with Gasteiger partial charge < -0.3 is 9.84 Å². The van der Waals surface area contributed by atoms with Crippen LogP contribution in [0.25, 0.3) is 0 Å². The molecule has 2 rings (SSSR count). The maximum Gasteiger partial charge on any atom is 0.138 e. The Morgan fingerprint density at radius 3 is 3.00 bits per heavy atom. The SMILES string of the molecule is CCC1CCCC(Oc2cc(F)ccc2C#CCCO)C1. The molecule has 1 fully saturated rings. The van der Waals surface area contributed by atoms with Gasteiger partial charge in [0.15, 0.2) is 0 Å². The highest BCUT2D eigenvalue weighted by Gasteiger charge is 2.22. The molecule has 1 N–H and O–H groups in total. The summed E-state index contributed by atoms with van der Waals surface area (Å²) in [5, 5.41) is 8.78. The standard InChI is InChI=1S/C18H23FO2/c1-2-14-6-5-8-17(12-14)21-18-13-16(19)10-9-15(18)7-3-4-11-20/h9-10,13-14,17,20H,2,4-6,8,11-12H2,1H3. The van der Waals surface area contributed by atoms with E-state index < -0.39 is 0 Å². The lowest BCUT2D eigenvalue weighted by atomic mass is 9.85. The third kappa shape index (κ3) is 4.75. The Balaban J connectivity index is 2.11. The summed E-state index contributed by atoms with van der Waals surface area (Å²) in [6.07, 6.45) is 6.24. The summed E-state index contributed by atoms with van der Waals surface area (Å²) in [5.74, 6) is 6.75. The highest BCUT2D eigenvalue weighted by molar-refractivity contribution is 5.46. The number of benzene rings is 1. The first kappa shape index (κ1) is 15.9. The van der Waals surface area contributed by atoms with Crippen LogP contribution in [0.2, 0.25) is 0 Å². The number of hydrogen-bond donors (Lipinski definition) is 1. The Labute approximate surface area is 126 Å². The van der Waals surface area contributed by atoms with Crippen molar-refractivity contribution >= 4 is 0 Å². The highest BCUT2D eigenvalue weighted by Crippen LogP contribution is 2.31.